The number of nitrogens with one attached hydrogen (secondary N) is 1. The van der Waals surface area contributed by atoms with Gasteiger partial charge in [0.2, 0.25) is 0 Å². The predicted octanol–water partition coefficient (Wildman–Crippen LogP) is 2.52. The Bertz CT molecular complexity index is 392. The molecule has 1 aliphatic heterocycles. The molecule has 80 valence electrons. The molecule has 0 aliphatic carbocycles. The van der Waals surface area contributed by atoms with E-state index < -0.39 is 0 Å². The molecule has 0 fully saturated rings. The Morgan fingerprint density at radius 2 is 2.47 bits per heavy atom. The molecule has 1 aliphatic rings. The lowest BCUT2D eigenvalue weighted by Gasteiger charge is -2.07. The summed E-state index contributed by atoms with van der Waals surface area (Å²) >= 11 is 3.42. The Morgan fingerprint density at radius 1 is 1.67 bits per heavy atom. The Labute approximate surface area is 96.9 Å². The van der Waals surface area contributed by atoms with Crippen LogP contribution in [0, 0.1) is 0 Å². The van der Waals surface area contributed by atoms with Crippen molar-refractivity contribution in [2.45, 2.75) is 12.3 Å². The lowest BCUT2D eigenvalue weighted by molar-refractivity contribution is -0.140. The summed E-state index contributed by atoms with van der Waals surface area (Å²) < 4.78 is 5.72. The first-order chi connectivity index (χ1) is 7.20. The summed E-state index contributed by atoms with van der Waals surface area (Å²) in [6.07, 6.45) is 0.443. The van der Waals surface area contributed by atoms with Crippen LogP contribution in [0.3, 0.4) is 0 Å². The van der Waals surface area contributed by atoms with Gasteiger partial charge in [-0.2, -0.15) is 0 Å². The van der Waals surface area contributed by atoms with Gasteiger partial charge in [0.1, 0.15) is 0 Å². The van der Waals surface area contributed by atoms with E-state index >= 15 is 0 Å². The molecule has 0 saturated carbocycles. The molecule has 0 aromatic heterocycles. The number of ether oxygens (including phenoxy) is 1. The van der Waals surface area contributed by atoms with Gasteiger partial charge < -0.3 is 10.1 Å². The zero-order valence-corrected chi connectivity index (χ0v) is 10.0. The first-order valence-electron chi connectivity index (χ1n) is 4.81. The van der Waals surface area contributed by atoms with Crippen molar-refractivity contribution in [1.29, 1.82) is 0 Å². The number of esters is 1. The van der Waals surface area contributed by atoms with Gasteiger partial charge in [-0.1, -0.05) is 22.0 Å². The third-order valence-electron chi connectivity index (χ3n) is 2.63. The van der Waals surface area contributed by atoms with Crippen LogP contribution in [0.25, 0.3) is 0 Å². The lowest BCUT2D eigenvalue weighted by Crippen LogP contribution is -2.10. The van der Waals surface area contributed by atoms with Crippen LogP contribution in [-0.4, -0.2) is 19.6 Å². The van der Waals surface area contributed by atoms with E-state index in [0.717, 1.165) is 16.7 Å². The van der Waals surface area contributed by atoms with Crippen molar-refractivity contribution in [3.63, 3.8) is 0 Å². The largest absolute Gasteiger partial charge is 0.469 e. The monoisotopic (exact) mass is 269 g/mol. The van der Waals surface area contributed by atoms with Gasteiger partial charge in [0, 0.05) is 22.6 Å². The zero-order chi connectivity index (χ0) is 10.8. The molecule has 1 heterocycles. The van der Waals surface area contributed by atoms with Crippen LogP contribution in [0.2, 0.25) is 0 Å². The number of rotatable bonds is 2. The topological polar surface area (TPSA) is 38.3 Å². The molecule has 15 heavy (non-hydrogen) atoms. The molecule has 0 bridgehead atoms. The molecule has 1 unspecified atom stereocenters. The molecule has 4 heteroatoms. The molecular weight excluding hydrogens is 258 g/mol. The number of carbonyl (C=O) groups is 1. The number of carbonyl (C=O) groups excluding carboxylic acids is 1. The van der Waals surface area contributed by atoms with Gasteiger partial charge >= 0.3 is 5.97 Å². The van der Waals surface area contributed by atoms with Gasteiger partial charge in [-0.05, 0) is 17.7 Å². The number of hydrogen-bond acceptors (Lipinski definition) is 3. The Hall–Kier alpha value is -1.03. The van der Waals surface area contributed by atoms with E-state index in [4.69, 9.17) is 0 Å². The van der Waals surface area contributed by atoms with E-state index in [1.54, 1.807) is 0 Å². The highest BCUT2D eigenvalue weighted by atomic mass is 79.9. The first-order valence-corrected chi connectivity index (χ1v) is 5.60. The standard InChI is InChI=1S/C11H12BrNO2/c1-15-11(14)4-7-6-13-10-5-8(12)2-3-9(7)10/h2-3,5,7,13H,4,6H2,1H3. The second-order valence-corrected chi connectivity index (χ2v) is 4.51. The minimum absolute atomic E-state index is 0.155. The van der Waals surface area contributed by atoms with E-state index in [1.807, 2.05) is 18.2 Å². The van der Waals surface area contributed by atoms with E-state index in [2.05, 4.69) is 26.0 Å². The van der Waals surface area contributed by atoms with Crippen molar-refractivity contribution in [2.24, 2.45) is 0 Å². The zero-order valence-electron chi connectivity index (χ0n) is 8.42. The number of hydrogen-bond donors (Lipinski definition) is 1. The molecule has 0 amide bonds. The van der Waals surface area contributed by atoms with Gasteiger partial charge in [0.25, 0.3) is 0 Å². The fraction of sp³-hybridized carbons (Fsp3) is 0.364. The Morgan fingerprint density at radius 3 is 3.20 bits per heavy atom. The number of methoxy groups -OCH3 is 1. The second-order valence-electron chi connectivity index (χ2n) is 3.59. The SMILES string of the molecule is COC(=O)CC1CNc2cc(Br)ccc21. The van der Waals surface area contributed by atoms with Crippen LogP contribution in [0.4, 0.5) is 5.69 Å². The second kappa shape index (κ2) is 4.23. The van der Waals surface area contributed by atoms with Gasteiger partial charge in [-0.15, -0.1) is 0 Å². The van der Waals surface area contributed by atoms with E-state index in [9.17, 15) is 4.79 Å². The minimum atomic E-state index is -0.155. The molecule has 0 radical (unpaired) electrons. The quantitative estimate of drug-likeness (QED) is 0.839. The van der Waals surface area contributed by atoms with Gasteiger partial charge in [0.05, 0.1) is 13.5 Å². The molecule has 0 spiro atoms. The molecule has 2 rings (SSSR count). The molecule has 1 N–H and O–H groups in total. The smallest absolute Gasteiger partial charge is 0.306 e. The molecule has 3 nitrogen and oxygen atoms in total. The van der Waals surface area contributed by atoms with Crippen LogP contribution in [0.5, 0.6) is 0 Å². The van der Waals surface area contributed by atoms with Crippen molar-refractivity contribution in [2.75, 3.05) is 19.0 Å². The third kappa shape index (κ3) is 2.15. The summed E-state index contributed by atoms with van der Waals surface area (Å²) in [4.78, 5) is 11.2. The van der Waals surface area contributed by atoms with Gasteiger partial charge in [-0.3, -0.25) is 4.79 Å². The Balaban J connectivity index is 2.18. The molecule has 1 aromatic carbocycles. The maximum absolute atomic E-state index is 11.2. The van der Waals surface area contributed by atoms with E-state index in [1.165, 1.54) is 12.7 Å². The van der Waals surface area contributed by atoms with Crippen LogP contribution in [0.1, 0.15) is 17.9 Å². The lowest BCUT2D eigenvalue weighted by atomic mass is 9.98. The van der Waals surface area contributed by atoms with Crippen LogP contribution < -0.4 is 5.32 Å². The molecule has 1 atom stereocenters. The molecule has 1 aromatic rings. The summed E-state index contributed by atoms with van der Waals surface area (Å²) in [6, 6.07) is 6.08. The number of benzene rings is 1. The third-order valence-corrected chi connectivity index (χ3v) is 3.13. The summed E-state index contributed by atoms with van der Waals surface area (Å²) in [7, 11) is 1.42. The highest BCUT2D eigenvalue weighted by Gasteiger charge is 2.24. The van der Waals surface area contributed by atoms with Crippen LogP contribution in [0.15, 0.2) is 22.7 Å². The van der Waals surface area contributed by atoms with Crippen molar-refractivity contribution in [3.05, 3.63) is 28.2 Å². The average Bonchev–Trinajstić information content (AvgIpc) is 2.60. The Kier molecular flexibility index (Phi) is 2.95. The summed E-state index contributed by atoms with van der Waals surface area (Å²) in [5.41, 5.74) is 2.31. The van der Waals surface area contributed by atoms with E-state index in [0.29, 0.717) is 6.42 Å². The average molecular weight is 270 g/mol. The van der Waals surface area contributed by atoms with Gasteiger partial charge in [-0.25, -0.2) is 0 Å². The predicted molar refractivity (Wildman–Crippen MR) is 62.0 cm³/mol. The highest BCUT2D eigenvalue weighted by Crippen LogP contribution is 2.35. The van der Waals surface area contributed by atoms with Crippen molar-refractivity contribution in [1.82, 2.24) is 0 Å². The normalized spacial score (nSPS) is 18.1. The highest BCUT2D eigenvalue weighted by molar-refractivity contribution is 9.10. The minimum Gasteiger partial charge on any atom is -0.469 e. The maximum Gasteiger partial charge on any atom is 0.306 e. The van der Waals surface area contributed by atoms with Crippen LogP contribution in [-0.2, 0) is 9.53 Å². The van der Waals surface area contributed by atoms with Crippen LogP contribution >= 0.6 is 15.9 Å². The molecular formula is C11H12BrNO2. The van der Waals surface area contributed by atoms with E-state index in [-0.39, 0.29) is 11.9 Å². The first kappa shape index (κ1) is 10.5. The summed E-state index contributed by atoms with van der Waals surface area (Å²) in [5, 5.41) is 3.28. The fourth-order valence-corrected chi connectivity index (χ4v) is 2.21. The molecule has 0 saturated heterocycles. The number of fused-ring (bicyclic) bond motifs is 1. The van der Waals surface area contributed by atoms with Crippen molar-refractivity contribution >= 4 is 27.6 Å². The van der Waals surface area contributed by atoms with Gasteiger partial charge in [0.15, 0.2) is 0 Å². The number of halogens is 1. The number of anilines is 1. The summed E-state index contributed by atoms with van der Waals surface area (Å²) in [5.74, 6) is 0.0816. The van der Waals surface area contributed by atoms with Crippen molar-refractivity contribution < 1.29 is 9.53 Å². The van der Waals surface area contributed by atoms with Crippen molar-refractivity contribution in [3.8, 4) is 0 Å². The maximum atomic E-state index is 11.2. The fourth-order valence-electron chi connectivity index (χ4n) is 1.85. The summed E-state index contributed by atoms with van der Waals surface area (Å²) in [6.45, 7) is 0.806.